The number of nitrogens with zero attached hydrogens (tertiary/aromatic N) is 4. The number of carbonyl (C=O) groups is 2. The maximum absolute atomic E-state index is 12.2. The molecule has 0 saturated carbocycles. The summed E-state index contributed by atoms with van der Waals surface area (Å²) in [4.78, 5) is 31.2. The number of aryl methyl sites for hydroxylation is 1. The number of benzene rings is 1. The van der Waals surface area contributed by atoms with Crippen molar-refractivity contribution in [3.8, 4) is 11.3 Å². The SMILES string of the molecule is Cc1ccc(-c2nn(C(C)(C)CNC(=O)CCCNC(=O)O)c3ncnc(N)c23)cc1. The molecule has 0 atom stereocenters. The first-order valence-electron chi connectivity index (χ1n) is 9.99. The van der Waals surface area contributed by atoms with Gasteiger partial charge in [0.15, 0.2) is 5.65 Å². The molecule has 5 N–H and O–H groups in total. The van der Waals surface area contributed by atoms with Gasteiger partial charge in [-0.15, -0.1) is 0 Å². The molecule has 10 heteroatoms. The fourth-order valence-corrected chi connectivity index (χ4v) is 3.23. The number of rotatable bonds is 8. The number of hydrogen-bond acceptors (Lipinski definition) is 6. The van der Waals surface area contributed by atoms with Crippen molar-refractivity contribution in [1.82, 2.24) is 30.4 Å². The minimum atomic E-state index is -1.10. The number of carbonyl (C=O) groups excluding carboxylic acids is 1. The van der Waals surface area contributed by atoms with E-state index in [9.17, 15) is 9.59 Å². The van der Waals surface area contributed by atoms with Crippen LogP contribution in [0.15, 0.2) is 30.6 Å². The summed E-state index contributed by atoms with van der Waals surface area (Å²) in [6, 6.07) is 7.97. The molecular weight excluding hydrogens is 398 g/mol. The number of nitrogen functional groups attached to an aromatic ring is 1. The molecule has 164 valence electrons. The lowest BCUT2D eigenvalue weighted by Gasteiger charge is -2.26. The molecule has 0 radical (unpaired) electrons. The third-order valence-electron chi connectivity index (χ3n) is 4.97. The molecule has 10 nitrogen and oxygen atoms in total. The molecule has 2 aromatic heterocycles. The average molecular weight is 425 g/mol. The average Bonchev–Trinajstić information content (AvgIpc) is 3.12. The highest BCUT2D eigenvalue weighted by molar-refractivity contribution is 5.98. The van der Waals surface area contributed by atoms with Crippen LogP contribution >= 0.6 is 0 Å². The fourth-order valence-electron chi connectivity index (χ4n) is 3.23. The zero-order chi connectivity index (χ0) is 22.6. The van der Waals surface area contributed by atoms with Crippen LogP contribution in [0.25, 0.3) is 22.3 Å². The summed E-state index contributed by atoms with van der Waals surface area (Å²) < 4.78 is 1.77. The highest BCUT2D eigenvalue weighted by Gasteiger charge is 2.28. The third-order valence-corrected chi connectivity index (χ3v) is 4.97. The Bertz CT molecular complexity index is 1090. The quantitative estimate of drug-likeness (QED) is 0.405. The van der Waals surface area contributed by atoms with Crippen molar-refractivity contribution in [2.75, 3.05) is 18.8 Å². The van der Waals surface area contributed by atoms with Gasteiger partial charge in [0.25, 0.3) is 0 Å². The van der Waals surface area contributed by atoms with Crippen LogP contribution in [0.1, 0.15) is 32.3 Å². The second-order valence-electron chi connectivity index (χ2n) is 8.01. The van der Waals surface area contributed by atoms with Gasteiger partial charge in [-0.05, 0) is 27.2 Å². The van der Waals surface area contributed by atoms with Gasteiger partial charge < -0.3 is 21.5 Å². The van der Waals surface area contributed by atoms with E-state index in [0.29, 0.717) is 35.5 Å². The zero-order valence-electron chi connectivity index (χ0n) is 17.8. The van der Waals surface area contributed by atoms with Crippen molar-refractivity contribution in [2.24, 2.45) is 0 Å². The van der Waals surface area contributed by atoms with Crippen LogP contribution in [0.2, 0.25) is 0 Å². The normalized spacial score (nSPS) is 11.5. The standard InChI is InChI=1S/C21H27N7O3/c1-13-6-8-14(9-7-13)17-16-18(22)25-12-26-19(16)28(27-17)21(2,3)11-24-15(29)5-4-10-23-20(30)31/h6-9,12,23H,4-5,10-11H2,1-3H3,(H,24,29)(H,30,31)(H2,22,25,26). The van der Waals surface area contributed by atoms with E-state index >= 15 is 0 Å². The van der Waals surface area contributed by atoms with Crippen LogP contribution in [0.4, 0.5) is 10.6 Å². The summed E-state index contributed by atoms with van der Waals surface area (Å²) in [5.74, 6) is 0.183. The number of aromatic nitrogens is 4. The lowest BCUT2D eigenvalue weighted by atomic mass is 10.1. The predicted molar refractivity (Wildman–Crippen MR) is 118 cm³/mol. The third kappa shape index (κ3) is 5.08. The van der Waals surface area contributed by atoms with Crippen molar-refractivity contribution < 1.29 is 14.7 Å². The van der Waals surface area contributed by atoms with E-state index in [2.05, 4.69) is 20.6 Å². The van der Waals surface area contributed by atoms with Gasteiger partial charge in [-0.25, -0.2) is 19.4 Å². The molecule has 2 amide bonds. The number of nitrogens with two attached hydrogens (primary N) is 1. The summed E-state index contributed by atoms with van der Waals surface area (Å²) in [5, 5.41) is 19.2. The number of hydrogen-bond donors (Lipinski definition) is 4. The van der Waals surface area contributed by atoms with E-state index in [-0.39, 0.29) is 18.9 Å². The maximum Gasteiger partial charge on any atom is 0.404 e. The summed E-state index contributed by atoms with van der Waals surface area (Å²) in [7, 11) is 0. The summed E-state index contributed by atoms with van der Waals surface area (Å²) in [6.07, 6.45) is 0.946. The van der Waals surface area contributed by atoms with Gasteiger partial charge in [-0.3, -0.25) is 4.79 Å². The maximum atomic E-state index is 12.2. The van der Waals surface area contributed by atoms with Gasteiger partial charge in [-0.1, -0.05) is 29.8 Å². The molecule has 0 fully saturated rings. The van der Waals surface area contributed by atoms with E-state index in [1.165, 1.54) is 6.33 Å². The molecule has 0 unspecified atom stereocenters. The Balaban J connectivity index is 1.82. The van der Waals surface area contributed by atoms with Crippen molar-refractivity contribution in [3.05, 3.63) is 36.2 Å². The molecule has 3 rings (SSSR count). The van der Waals surface area contributed by atoms with Crippen LogP contribution in [-0.4, -0.2) is 49.9 Å². The monoisotopic (exact) mass is 425 g/mol. The van der Waals surface area contributed by atoms with Gasteiger partial charge >= 0.3 is 6.09 Å². The van der Waals surface area contributed by atoms with Gasteiger partial charge in [-0.2, -0.15) is 5.10 Å². The van der Waals surface area contributed by atoms with E-state index in [4.69, 9.17) is 15.9 Å². The number of amides is 2. The van der Waals surface area contributed by atoms with E-state index in [1.54, 1.807) is 4.68 Å². The first-order valence-corrected chi connectivity index (χ1v) is 9.99. The molecule has 0 aliphatic rings. The van der Waals surface area contributed by atoms with Gasteiger partial charge in [0.1, 0.15) is 17.8 Å². The Morgan fingerprint density at radius 2 is 1.87 bits per heavy atom. The molecule has 3 aromatic rings. The first kappa shape index (κ1) is 22.0. The molecule has 1 aromatic carbocycles. The summed E-state index contributed by atoms with van der Waals surface area (Å²) in [6.45, 7) is 6.45. The lowest BCUT2D eigenvalue weighted by molar-refractivity contribution is -0.121. The van der Waals surface area contributed by atoms with Crippen LogP contribution in [-0.2, 0) is 10.3 Å². The number of carboxylic acid groups (broad SMARTS) is 1. The summed E-state index contributed by atoms with van der Waals surface area (Å²) in [5.41, 5.74) is 8.89. The molecule has 0 saturated heterocycles. The lowest BCUT2D eigenvalue weighted by Crippen LogP contribution is -2.41. The molecule has 0 spiro atoms. The largest absolute Gasteiger partial charge is 0.465 e. The van der Waals surface area contributed by atoms with Crippen molar-refractivity contribution in [1.29, 1.82) is 0 Å². The Morgan fingerprint density at radius 1 is 1.16 bits per heavy atom. The van der Waals surface area contributed by atoms with Gasteiger partial charge in [0, 0.05) is 25.1 Å². The zero-order valence-corrected chi connectivity index (χ0v) is 17.8. The second kappa shape index (κ2) is 8.99. The highest BCUT2D eigenvalue weighted by Crippen LogP contribution is 2.32. The van der Waals surface area contributed by atoms with Gasteiger partial charge in [0.05, 0.1) is 10.9 Å². The van der Waals surface area contributed by atoms with Crippen molar-refractivity contribution in [2.45, 2.75) is 39.2 Å². The van der Waals surface area contributed by atoms with Crippen LogP contribution in [0.3, 0.4) is 0 Å². The van der Waals surface area contributed by atoms with E-state index in [0.717, 1.165) is 11.1 Å². The topological polar surface area (TPSA) is 148 Å². The summed E-state index contributed by atoms with van der Waals surface area (Å²) >= 11 is 0. The first-order chi connectivity index (χ1) is 14.7. The number of fused-ring (bicyclic) bond motifs is 1. The van der Waals surface area contributed by atoms with E-state index < -0.39 is 11.6 Å². The van der Waals surface area contributed by atoms with Crippen LogP contribution < -0.4 is 16.4 Å². The second-order valence-corrected chi connectivity index (χ2v) is 8.01. The minimum Gasteiger partial charge on any atom is -0.465 e. The Kier molecular flexibility index (Phi) is 6.38. The number of anilines is 1. The van der Waals surface area contributed by atoms with Crippen molar-refractivity contribution >= 4 is 28.9 Å². The smallest absolute Gasteiger partial charge is 0.404 e. The Morgan fingerprint density at radius 3 is 2.55 bits per heavy atom. The van der Waals surface area contributed by atoms with Gasteiger partial charge in [0.2, 0.25) is 5.91 Å². The number of nitrogens with one attached hydrogen (secondary N) is 2. The van der Waals surface area contributed by atoms with E-state index in [1.807, 2.05) is 45.0 Å². The fraction of sp³-hybridized carbons (Fsp3) is 0.381. The van der Waals surface area contributed by atoms with Crippen LogP contribution in [0.5, 0.6) is 0 Å². The molecule has 2 heterocycles. The van der Waals surface area contributed by atoms with Crippen molar-refractivity contribution in [3.63, 3.8) is 0 Å². The van der Waals surface area contributed by atoms with Crippen LogP contribution in [0, 0.1) is 6.92 Å². The molecule has 0 bridgehead atoms. The minimum absolute atomic E-state index is 0.162. The highest BCUT2D eigenvalue weighted by atomic mass is 16.4. The predicted octanol–water partition coefficient (Wildman–Crippen LogP) is 2.28. The molecule has 0 aliphatic heterocycles. The molecular formula is C21H27N7O3. The molecule has 0 aliphatic carbocycles. The Hall–Kier alpha value is -3.69. The molecule has 31 heavy (non-hydrogen) atoms. The Labute approximate surface area is 179 Å².